The molecule has 2 aromatic carbocycles. The molecule has 6 nitrogen and oxygen atoms in total. The molecule has 0 bridgehead atoms. The Labute approximate surface area is 171 Å². The van der Waals surface area contributed by atoms with E-state index in [-0.39, 0.29) is 6.42 Å². The van der Waals surface area contributed by atoms with Gasteiger partial charge in [0.05, 0.1) is 40.6 Å². The highest BCUT2D eigenvalue weighted by molar-refractivity contribution is 5.57. The van der Waals surface area contributed by atoms with E-state index in [0.717, 1.165) is 11.1 Å². The quantitative estimate of drug-likeness (QED) is 0.635. The molecule has 0 saturated heterocycles. The largest absolute Gasteiger partial charge is 0.493 e. The Morgan fingerprint density at radius 3 is 1.38 bits per heavy atom. The van der Waals surface area contributed by atoms with Crippen LogP contribution in [0.2, 0.25) is 0 Å². The third-order valence-corrected chi connectivity index (χ3v) is 4.32. The maximum Gasteiger partial charge on any atom is 0.161 e. The van der Waals surface area contributed by atoms with E-state index in [9.17, 15) is 10.2 Å². The van der Waals surface area contributed by atoms with E-state index >= 15 is 0 Å². The Balaban J connectivity index is 1.95. The zero-order chi connectivity index (χ0) is 21.2. The Hall–Kier alpha value is -2.96. The lowest BCUT2D eigenvalue weighted by Crippen LogP contribution is -2.13. The molecule has 29 heavy (non-hydrogen) atoms. The van der Waals surface area contributed by atoms with Crippen molar-refractivity contribution in [3.05, 3.63) is 59.7 Å². The van der Waals surface area contributed by atoms with Gasteiger partial charge >= 0.3 is 0 Å². The highest BCUT2D eigenvalue weighted by Gasteiger charge is 2.08. The number of hydrogen-bond acceptors (Lipinski definition) is 6. The van der Waals surface area contributed by atoms with Gasteiger partial charge in [-0.3, -0.25) is 0 Å². The first-order valence-electron chi connectivity index (χ1n) is 9.17. The van der Waals surface area contributed by atoms with E-state index in [1.807, 2.05) is 24.3 Å². The smallest absolute Gasteiger partial charge is 0.161 e. The molecule has 156 valence electrons. The summed E-state index contributed by atoms with van der Waals surface area (Å²) in [7, 11) is 6.30. The van der Waals surface area contributed by atoms with E-state index in [2.05, 4.69) is 0 Å². The summed E-state index contributed by atoms with van der Waals surface area (Å²) in [4.78, 5) is 0. The van der Waals surface area contributed by atoms with Gasteiger partial charge in [0.15, 0.2) is 23.0 Å². The van der Waals surface area contributed by atoms with Crippen molar-refractivity contribution in [3.8, 4) is 23.0 Å². The van der Waals surface area contributed by atoms with Crippen LogP contribution in [-0.2, 0) is 0 Å². The molecule has 0 spiro atoms. The number of aliphatic hydroxyl groups excluding tert-OH is 2. The standard InChI is InChI=1S/C23H28O6/c1-26-20-11-7-16(13-22(20)28-3)5-9-18(24)15-19(25)10-6-17-8-12-21(27-2)23(14-17)29-4/h5-14,18-19,24-25H,15H2,1-4H3/b9-5+,10-6+. The van der Waals surface area contributed by atoms with Crippen molar-refractivity contribution in [2.75, 3.05) is 28.4 Å². The van der Waals surface area contributed by atoms with Gasteiger partial charge in [-0.25, -0.2) is 0 Å². The average Bonchev–Trinajstić information content (AvgIpc) is 2.75. The number of ether oxygens (including phenoxy) is 4. The summed E-state index contributed by atoms with van der Waals surface area (Å²) in [5.74, 6) is 2.51. The molecule has 2 N–H and O–H groups in total. The van der Waals surface area contributed by atoms with E-state index in [1.54, 1.807) is 64.9 Å². The monoisotopic (exact) mass is 400 g/mol. The average molecular weight is 400 g/mol. The molecule has 0 aliphatic heterocycles. The van der Waals surface area contributed by atoms with E-state index in [4.69, 9.17) is 18.9 Å². The lowest BCUT2D eigenvalue weighted by Gasteiger charge is -2.11. The first-order valence-corrected chi connectivity index (χ1v) is 9.17. The fourth-order valence-corrected chi connectivity index (χ4v) is 2.76. The molecule has 0 heterocycles. The molecule has 0 aliphatic rings. The summed E-state index contributed by atoms with van der Waals surface area (Å²) in [5, 5.41) is 20.4. The second-order valence-electron chi connectivity index (χ2n) is 6.32. The van der Waals surface area contributed by atoms with Gasteiger partial charge < -0.3 is 29.2 Å². The molecular weight excluding hydrogens is 372 g/mol. The normalized spacial score (nSPS) is 13.4. The van der Waals surface area contributed by atoms with Gasteiger partial charge in [-0.15, -0.1) is 0 Å². The maximum atomic E-state index is 10.2. The third-order valence-electron chi connectivity index (χ3n) is 4.32. The first kappa shape index (κ1) is 22.3. The Morgan fingerprint density at radius 1 is 0.655 bits per heavy atom. The van der Waals surface area contributed by atoms with Gasteiger partial charge in [0, 0.05) is 6.42 Å². The minimum atomic E-state index is -0.798. The summed E-state index contributed by atoms with van der Waals surface area (Å²) in [5.41, 5.74) is 1.72. The van der Waals surface area contributed by atoms with Crippen LogP contribution < -0.4 is 18.9 Å². The molecular formula is C23H28O6. The summed E-state index contributed by atoms with van der Waals surface area (Å²) in [6.45, 7) is 0. The molecule has 2 unspecified atom stereocenters. The molecule has 2 rings (SSSR count). The minimum absolute atomic E-state index is 0.174. The SMILES string of the molecule is COc1ccc(/C=C/C(O)CC(O)/C=C/c2ccc(OC)c(OC)c2)cc1OC. The van der Waals surface area contributed by atoms with Crippen molar-refractivity contribution in [1.82, 2.24) is 0 Å². The fraction of sp³-hybridized carbons (Fsp3) is 0.304. The van der Waals surface area contributed by atoms with Crippen LogP contribution in [0.5, 0.6) is 23.0 Å². The van der Waals surface area contributed by atoms with Crippen LogP contribution in [0.15, 0.2) is 48.6 Å². The number of rotatable bonds is 10. The highest BCUT2D eigenvalue weighted by atomic mass is 16.5. The molecule has 0 aromatic heterocycles. The zero-order valence-electron chi connectivity index (χ0n) is 17.2. The van der Waals surface area contributed by atoms with Gasteiger partial charge in [-0.05, 0) is 35.4 Å². The summed E-state index contributed by atoms with van der Waals surface area (Å²) < 4.78 is 20.9. The molecule has 0 amide bonds. The molecule has 0 radical (unpaired) electrons. The van der Waals surface area contributed by atoms with Gasteiger partial charge in [-0.2, -0.15) is 0 Å². The Bertz CT molecular complexity index is 774. The summed E-state index contributed by atoms with van der Waals surface area (Å²) in [6.07, 6.45) is 5.40. The van der Waals surface area contributed by atoms with Crippen molar-refractivity contribution in [1.29, 1.82) is 0 Å². The van der Waals surface area contributed by atoms with Crippen LogP contribution in [-0.4, -0.2) is 50.9 Å². The number of hydrogen-bond donors (Lipinski definition) is 2. The van der Waals surface area contributed by atoms with Crippen molar-refractivity contribution >= 4 is 12.2 Å². The fourth-order valence-electron chi connectivity index (χ4n) is 2.76. The molecule has 0 aliphatic carbocycles. The van der Waals surface area contributed by atoms with Crippen molar-refractivity contribution in [3.63, 3.8) is 0 Å². The lowest BCUT2D eigenvalue weighted by atomic mass is 10.1. The summed E-state index contributed by atoms with van der Waals surface area (Å²) >= 11 is 0. The van der Waals surface area contributed by atoms with Crippen LogP contribution in [0.1, 0.15) is 17.5 Å². The molecule has 0 saturated carbocycles. The number of methoxy groups -OCH3 is 4. The second-order valence-corrected chi connectivity index (χ2v) is 6.32. The predicted molar refractivity (Wildman–Crippen MR) is 114 cm³/mol. The molecule has 0 fully saturated rings. The predicted octanol–water partition coefficient (Wildman–Crippen LogP) is 3.56. The third kappa shape index (κ3) is 6.55. The highest BCUT2D eigenvalue weighted by Crippen LogP contribution is 2.29. The van der Waals surface area contributed by atoms with E-state index < -0.39 is 12.2 Å². The van der Waals surface area contributed by atoms with Crippen molar-refractivity contribution in [2.45, 2.75) is 18.6 Å². The van der Waals surface area contributed by atoms with Crippen molar-refractivity contribution < 1.29 is 29.2 Å². The Morgan fingerprint density at radius 2 is 1.03 bits per heavy atom. The molecule has 6 heteroatoms. The van der Waals surface area contributed by atoms with Crippen LogP contribution in [0.3, 0.4) is 0 Å². The van der Waals surface area contributed by atoms with Gasteiger partial charge in [0.2, 0.25) is 0 Å². The first-order chi connectivity index (χ1) is 14.0. The van der Waals surface area contributed by atoms with Gasteiger partial charge in [0.25, 0.3) is 0 Å². The van der Waals surface area contributed by atoms with Gasteiger partial charge in [-0.1, -0.05) is 36.4 Å². The maximum absolute atomic E-state index is 10.2. The number of benzene rings is 2. The van der Waals surface area contributed by atoms with Crippen molar-refractivity contribution in [2.24, 2.45) is 0 Å². The minimum Gasteiger partial charge on any atom is -0.493 e. The van der Waals surface area contributed by atoms with Crippen LogP contribution in [0.25, 0.3) is 12.2 Å². The van der Waals surface area contributed by atoms with E-state index in [0.29, 0.717) is 23.0 Å². The molecule has 2 atom stereocenters. The lowest BCUT2D eigenvalue weighted by molar-refractivity contribution is 0.134. The molecule has 2 aromatic rings. The van der Waals surface area contributed by atoms with Crippen LogP contribution in [0, 0.1) is 0 Å². The van der Waals surface area contributed by atoms with Crippen LogP contribution >= 0.6 is 0 Å². The van der Waals surface area contributed by atoms with Crippen LogP contribution in [0.4, 0.5) is 0 Å². The zero-order valence-corrected chi connectivity index (χ0v) is 17.2. The summed E-state index contributed by atoms with van der Waals surface area (Å²) in [6, 6.07) is 10.9. The van der Waals surface area contributed by atoms with E-state index in [1.165, 1.54) is 0 Å². The van der Waals surface area contributed by atoms with Gasteiger partial charge in [0.1, 0.15) is 0 Å². The second kappa shape index (κ2) is 11.1. The number of aliphatic hydroxyl groups is 2. The Kier molecular flexibility index (Phi) is 8.58. The topological polar surface area (TPSA) is 77.4 Å².